The second-order valence-electron chi connectivity index (χ2n) is 10.3. The van der Waals surface area contributed by atoms with Crippen LogP contribution in [-0.2, 0) is 9.59 Å². The molecule has 2 aliphatic heterocycles. The second kappa shape index (κ2) is 11.5. The quantitative estimate of drug-likeness (QED) is 0.354. The molecule has 2 aromatic heterocycles. The van der Waals surface area contributed by atoms with Gasteiger partial charge in [0.15, 0.2) is 6.20 Å². The van der Waals surface area contributed by atoms with E-state index in [1.807, 2.05) is 58.5 Å². The molecule has 4 heterocycles. The van der Waals surface area contributed by atoms with Crippen LogP contribution in [0.4, 0.5) is 11.4 Å². The van der Waals surface area contributed by atoms with Gasteiger partial charge in [0.2, 0.25) is 17.3 Å². The predicted molar refractivity (Wildman–Crippen MR) is 159 cm³/mol. The van der Waals surface area contributed by atoms with E-state index in [0.717, 1.165) is 59.4 Å². The molecular formula is C30H31Cl2N6O2+. The molecule has 8 nitrogen and oxygen atoms in total. The first kappa shape index (κ1) is 26.6. The van der Waals surface area contributed by atoms with Gasteiger partial charge in [0, 0.05) is 105 Å². The lowest BCUT2D eigenvalue weighted by atomic mass is 10.1. The van der Waals surface area contributed by atoms with E-state index in [1.54, 1.807) is 6.20 Å². The van der Waals surface area contributed by atoms with E-state index in [2.05, 4.69) is 25.8 Å². The van der Waals surface area contributed by atoms with Crippen molar-refractivity contribution >= 4 is 68.2 Å². The number of nitrogens with zero attached hydrogens (tertiary/aromatic N) is 5. The number of hydrogen-bond acceptors (Lipinski definition) is 5. The highest BCUT2D eigenvalue weighted by molar-refractivity contribution is 6.31. The number of nitrogens with one attached hydrogen (secondary N) is 1. The molecule has 0 saturated carbocycles. The molecule has 2 fully saturated rings. The van der Waals surface area contributed by atoms with E-state index in [4.69, 9.17) is 23.2 Å². The minimum absolute atomic E-state index is 0.0451. The number of benzene rings is 2. The van der Waals surface area contributed by atoms with E-state index in [9.17, 15) is 9.59 Å². The third-order valence-electron chi connectivity index (χ3n) is 7.92. The van der Waals surface area contributed by atoms with Crippen LogP contribution in [0, 0.1) is 0 Å². The third-order valence-corrected chi connectivity index (χ3v) is 8.39. The molecule has 0 aliphatic carbocycles. The van der Waals surface area contributed by atoms with Gasteiger partial charge in [-0.05, 0) is 36.4 Å². The van der Waals surface area contributed by atoms with Crippen molar-refractivity contribution < 1.29 is 14.6 Å². The summed E-state index contributed by atoms with van der Waals surface area (Å²) in [5.74, 6) is 0.0928. The van der Waals surface area contributed by atoms with E-state index < -0.39 is 0 Å². The minimum Gasteiger partial charge on any atom is -0.367 e. The largest absolute Gasteiger partial charge is 0.367 e. The van der Waals surface area contributed by atoms with Crippen LogP contribution in [-0.4, -0.2) is 79.0 Å². The molecule has 0 radical (unpaired) electrons. The van der Waals surface area contributed by atoms with Crippen LogP contribution >= 0.6 is 23.2 Å². The molecule has 2 aliphatic rings. The summed E-state index contributed by atoms with van der Waals surface area (Å²) in [5, 5.41) is 3.53. The Bertz CT molecular complexity index is 1450. The summed E-state index contributed by atoms with van der Waals surface area (Å²) in [6.07, 6.45) is 4.21. The molecular weight excluding hydrogens is 547 g/mol. The van der Waals surface area contributed by atoms with Crippen molar-refractivity contribution in [1.82, 2.24) is 14.8 Å². The number of carbonyl (C=O) groups excluding carboxylic acids is 2. The number of anilines is 2. The molecule has 1 N–H and O–H groups in total. The number of aromatic nitrogens is 2. The summed E-state index contributed by atoms with van der Waals surface area (Å²) in [5.41, 5.74) is 4.09. The number of hydrogen-bond donors (Lipinski definition) is 0. The fraction of sp³-hybridized carbons (Fsp3) is 0.333. The van der Waals surface area contributed by atoms with Crippen molar-refractivity contribution in [2.24, 2.45) is 0 Å². The van der Waals surface area contributed by atoms with Crippen molar-refractivity contribution in [2.75, 3.05) is 62.2 Å². The van der Waals surface area contributed by atoms with Crippen LogP contribution in [0.1, 0.15) is 12.8 Å². The topological polar surface area (TPSA) is 74.1 Å². The zero-order chi connectivity index (χ0) is 27.6. The van der Waals surface area contributed by atoms with Crippen molar-refractivity contribution in [1.29, 1.82) is 0 Å². The number of amides is 2. The standard InChI is InChI=1S/C30H30Cl2N6O2/c31-21-1-3-23-25(19-21)33-9-7-27(23)35-11-15-37(16-12-35)29(39)5-6-30(40)38-17-13-36(14-18-38)28-8-10-34-26-20-22(32)2-4-24(26)28/h1-4,7-10,19-20H,5-6,11-18H2/p+1. The van der Waals surface area contributed by atoms with E-state index in [-0.39, 0.29) is 24.7 Å². The molecule has 0 unspecified atom stereocenters. The molecule has 4 aromatic rings. The van der Waals surface area contributed by atoms with Crippen molar-refractivity contribution in [3.8, 4) is 0 Å². The Morgan fingerprint density at radius 2 is 1.25 bits per heavy atom. The van der Waals surface area contributed by atoms with Crippen LogP contribution in [0.25, 0.3) is 21.8 Å². The molecule has 2 amide bonds. The first-order valence-electron chi connectivity index (χ1n) is 13.7. The van der Waals surface area contributed by atoms with Crippen molar-refractivity contribution in [3.63, 3.8) is 0 Å². The Morgan fingerprint density at radius 1 is 0.700 bits per heavy atom. The average molecular weight is 579 g/mol. The van der Waals surface area contributed by atoms with Crippen LogP contribution in [0.2, 0.25) is 10.0 Å². The number of pyridine rings is 2. The Labute approximate surface area is 243 Å². The van der Waals surface area contributed by atoms with Gasteiger partial charge in [-0.1, -0.05) is 23.2 Å². The molecule has 0 bridgehead atoms. The average Bonchev–Trinajstić information content (AvgIpc) is 2.99. The fourth-order valence-electron chi connectivity index (χ4n) is 5.74. The lowest BCUT2D eigenvalue weighted by Crippen LogP contribution is -2.50. The molecule has 6 rings (SSSR count). The van der Waals surface area contributed by atoms with Gasteiger partial charge in [0.25, 0.3) is 0 Å². The lowest BCUT2D eigenvalue weighted by molar-refractivity contribution is -0.344. The number of fused-ring (bicyclic) bond motifs is 2. The molecule has 0 spiro atoms. The Morgan fingerprint density at radius 3 is 1.88 bits per heavy atom. The van der Waals surface area contributed by atoms with E-state index >= 15 is 0 Å². The van der Waals surface area contributed by atoms with Crippen LogP contribution < -0.4 is 14.8 Å². The highest BCUT2D eigenvalue weighted by Crippen LogP contribution is 2.29. The van der Waals surface area contributed by atoms with Gasteiger partial charge in [-0.2, -0.15) is 0 Å². The van der Waals surface area contributed by atoms with E-state index in [1.165, 1.54) is 0 Å². The van der Waals surface area contributed by atoms with Gasteiger partial charge >= 0.3 is 0 Å². The number of carbonyl (C=O) groups is 2. The van der Waals surface area contributed by atoms with Gasteiger partial charge < -0.3 is 19.6 Å². The van der Waals surface area contributed by atoms with Gasteiger partial charge in [-0.15, -0.1) is 0 Å². The maximum Gasteiger partial charge on any atom is 0.223 e. The molecule has 2 aromatic carbocycles. The Hall–Kier alpha value is -3.62. The third kappa shape index (κ3) is 5.51. The summed E-state index contributed by atoms with van der Waals surface area (Å²) >= 11 is 12.3. The van der Waals surface area contributed by atoms with Crippen LogP contribution in [0.5, 0.6) is 0 Å². The van der Waals surface area contributed by atoms with Gasteiger partial charge in [0.05, 0.1) is 16.6 Å². The summed E-state index contributed by atoms with van der Waals surface area (Å²) in [7, 11) is 0. The van der Waals surface area contributed by atoms with Crippen LogP contribution in [0.15, 0.2) is 60.9 Å². The van der Waals surface area contributed by atoms with Crippen molar-refractivity contribution in [3.05, 3.63) is 71.0 Å². The summed E-state index contributed by atoms with van der Waals surface area (Å²) in [4.78, 5) is 42.0. The highest BCUT2D eigenvalue weighted by Gasteiger charge is 2.26. The SMILES string of the molecule is O=C(CCC(=O)N1CCN(c2cc[nH+]c3cc(Cl)ccc23)CC1)N1CCN(c2ccnc3cc(Cl)ccc23)CC1. The number of halogens is 2. The summed E-state index contributed by atoms with van der Waals surface area (Å²) < 4.78 is 0. The monoisotopic (exact) mass is 577 g/mol. The minimum atomic E-state index is 0.0451. The Balaban J connectivity index is 0.986. The maximum absolute atomic E-state index is 13.0. The molecule has 10 heteroatoms. The first-order chi connectivity index (χ1) is 19.5. The van der Waals surface area contributed by atoms with Crippen molar-refractivity contribution in [2.45, 2.75) is 12.8 Å². The Kier molecular flexibility index (Phi) is 7.63. The number of aromatic amines is 1. The van der Waals surface area contributed by atoms with Gasteiger partial charge in [-0.25, -0.2) is 4.98 Å². The summed E-state index contributed by atoms with van der Waals surface area (Å²) in [6.45, 7) is 5.53. The number of piperazine rings is 2. The molecule has 40 heavy (non-hydrogen) atoms. The number of H-pyrrole nitrogens is 1. The van der Waals surface area contributed by atoms with Gasteiger partial charge in [-0.3, -0.25) is 14.6 Å². The summed E-state index contributed by atoms with van der Waals surface area (Å²) in [6, 6.07) is 15.7. The zero-order valence-corrected chi connectivity index (χ0v) is 23.7. The van der Waals surface area contributed by atoms with Crippen LogP contribution in [0.3, 0.4) is 0 Å². The lowest BCUT2D eigenvalue weighted by Gasteiger charge is -2.37. The molecule has 0 atom stereocenters. The van der Waals surface area contributed by atoms with Gasteiger partial charge in [0.1, 0.15) is 0 Å². The van der Waals surface area contributed by atoms with E-state index in [0.29, 0.717) is 36.2 Å². The normalized spacial score (nSPS) is 16.1. The fourth-order valence-corrected chi connectivity index (χ4v) is 6.08. The molecule has 2 saturated heterocycles. The first-order valence-corrected chi connectivity index (χ1v) is 14.4. The predicted octanol–water partition coefficient (Wildman–Crippen LogP) is 4.29. The zero-order valence-electron chi connectivity index (χ0n) is 22.2. The maximum atomic E-state index is 13.0. The second-order valence-corrected chi connectivity index (χ2v) is 11.2. The smallest absolute Gasteiger partial charge is 0.223 e. The number of rotatable bonds is 5. The highest BCUT2D eigenvalue weighted by atomic mass is 35.5. The molecule has 206 valence electrons.